The molecular weight excluding hydrogens is 421 g/mol. The van der Waals surface area contributed by atoms with E-state index in [2.05, 4.69) is 14.9 Å². The predicted octanol–water partition coefficient (Wildman–Crippen LogP) is 3.73. The second-order valence-electron chi connectivity index (χ2n) is 5.69. The zero-order valence-corrected chi connectivity index (χ0v) is 16.2. The molecule has 0 atom stereocenters. The third-order valence-electron chi connectivity index (χ3n) is 3.46. The molecule has 0 aliphatic carbocycles. The highest BCUT2D eigenvalue weighted by molar-refractivity contribution is 7.93. The van der Waals surface area contributed by atoms with Gasteiger partial charge in [0.1, 0.15) is 11.6 Å². The lowest BCUT2D eigenvalue weighted by Gasteiger charge is -2.21. The van der Waals surface area contributed by atoms with Gasteiger partial charge in [-0.2, -0.15) is 13.2 Å². The zero-order chi connectivity index (χ0) is 20.9. The van der Waals surface area contributed by atoms with E-state index in [9.17, 15) is 26.4 Å². The summed E-state index contributed by atoms with van der Waals surface area (Å²) in [6, 6.07) is 4.01. The molecule has 154 valence electrons. The molecular formula is C15H17F3N4O4S2. The van der Waals surface area contributed by atoms with Crippen LogP contribution in [0.1, 0.15) is 24.8 Å². The fourth-order valence-corrected chi connectivity index (χ4v) is 4.16. The van der Waals surface area contributed by atoms with Crippen molar-refractivity contribution < 1.29 is 31.5 Å². The van der Waals surface area contributed by atoms with E-state index in [-0.39, 0.29) is 20.6 Å². The first kappa shape index (κ1) is 21.9. The van der Waals surface area contributed by atoms with Crippen molar-refractivity contribution in [2.24, 2.45) is 0 Å². The maximum Gasteiger partial charge on any atom is 0.412 e. The Morgan fingerprint density at radius 1 is 1.25 bits per heavy atom. The molecule has 1 aromatic heterocycles. The van der Waals surface area contributed by atoms with Crippen LogP contribution in [0.2, 0.25) is 0 Å². The van der Waals surface area contributed by atoms with Crippen molar-refractivity contribution in [3.05, 3.63) is 29.3 Å². The Labute approximate surface area is 163 Å². The van der Waals surface area contributed by atoms with Gasteiger partial charge in [0.25, 0.3) is 10.0 Å². The summed E-state index contributed by atoms with van der Waals surface area (Å²) in [6.07, 6.45) is -4.03. The molecule has 1 amide bonds. The lowest BCUT2D eigenvalue weighted by molar-refractivity contribution is -0.119. The van der Waals surface area contributed by atoms with Crippen molar-refractivity contribution >= 4 is 38.3 Å². The highest BCUT2D eigenvalue weighted by Crippen LogP contribution is 2.25. The molecule has 8 nitrogen and oxygen atoms in total. The lowest BCUT2D eigenvalue weighted by atomic mass is 10.3. The minimum Gasteiger partial charge on any atom is -0.465 e. The number of benzene rings is 1. The Bertz CT molecular complexity index is 914. The van der Waals surface area contributed by atoms with Gasteiger partial charge in [-0.05, 0) is 30.7 Å². The summed E-state index contributed by atoms with van der Waals surface area (Å²) in [5.41, 5.74) is -0.304. The molecule has 13 heteroatoms. The highest BCUT2D eigenvalue weighted by Gasteiger charge is 2.34. The standard InChI is InChI=1S/C15H17F3N4O4S2/c1-2-3-4-12-19-20-13(27-12)21-28(25,26)11-7-5-10(6-8-11)22(14(23)24)9-15(16,17)18/h5-8H,2-4,9H2,1H3,(H,20,21)(H,23,24). The number of nitrogens with zero attached hydrogens (tertiary/aromatic N) is 3. The van der Waals surface area contributed by atoms with Crippen molar-refractivity contribution in [3.8, 4) is 0 Å². The molecule has 0 saturated heterocycles. The van der Waals surface area contributed by atoms with Crippen LogP contribution in [-0.2, 0) is 16.4 Å². The molecule has 1 heterocycles. The maximum atomic E-state index is 12.5. The summed E-state index contributed by atoms with van der Waals surface area (Å²) in [6.45, 7) is 0.298. The van der Waals surface area contributed by atoms with Crippen molar-refractivity contribution in [1.29, 1.82) is 0 Å². The van der Waals surface area contributed by atoms with Gasteiger partial charge in [0.05, 0.1) is 4.90 Å². The molecule has 0 unspecified atom stereocenters. The van der Waals surface area contributed by atoms with Gasteiger partial charge in [-0.3, -0.25) is 9.62 Å². The number of carboxylic acid groups (broad SMARTS) is 1. The minimum absolute atomic E-state index is 0.0689. The van der Waals surface area contributed by atoms with E-state index in [1.807, 2.05) is 6.92 Å². The normalized spacial score (nSPS) is 12.0. The number of sulfonamides is 1. The first-order valence-corrected chi connectivity index (χ1v) is 10.3. The summed E-state index contributed by atoms with van der Waals surface area (Å²) in [4.78, 5) is 10.9. The molecule has 0 saturated carbocycles. The van der Waals surface area contributed by atoms with Gasteiger partial charge < -0.3 is 5.11 Å². The van der Waals surface area contributed by atoms with Crippen molar-refractivity contribution in [2.75, 3.05) is 16.2 Å². The molecule has 0 aliphatic heterocycles. The van der Waals surface area contributed by atoms with E-state index in [1.54, 1.807) is 0 Å². The minimum atomic E-state index is -4.74. The van der Waals surface area contributed by atoms with E-state index < -0.39 is 28.8 Å². The van der Waals surface area contributed by atoms with Gasteiger partial charge in [-0.15, -0.1) is 10.2 Å². The summed E-state index contributed by atoms with van der Waals surface area (Å²) in [5.74, 6) is 0. The molecule has 2 rings (SSSR count). The molecule has 28 heavy (non-hydrogen) atoms. The first-order valence-electron chi connectivity index (χ1n) is 8.04. The summed E-state index contributed by atoms with van der Waals surface area (Å²) < 4.78 is 64.6. The Kier molecular flexibility index (Phi) is 6.82. The van der Waals surface area contributed by atoms with Gasteiger partial charge in [0.2, 0.25) is 5.13 Å². The number of carbonyl (C=O) groups is 1. The van der Waals surface area contributed by atoms with Crippen LogP contribution in [0.5, 0.6) is 0 Å². The number of rotatable bonds is 8. The van der Waals surface area contributed by atoms with E-state index in [0.29, 0.717) is 11.4 Å². The van der Waals surface area contributed by atoms with Crippen LogP contribution in [0.15, 0.2) is 29.2 Å². The van der Waals surface area contributed by atoms with Gasteiger partial charge >= 0.3 is 12.3 Å². The number of halogens is 3. The SMILES string of the molecule is CCCCc1nnc(NS(=O)(=O)c2ccc(N(CC(F)(F)F)C(=O)O)cc2)s1. The Morgan fingerprint density at radius 3 is 2.43 bits per heavy atom. The van der Waals surface area contributed by atoms with Crippen LogP contribution in [-0.4, -0.2) is 42.5 Å². The van der Waals surface area contributed by atoms with Crippen molar-refractivity contribution in [1.82, 2.24) is 10.2 Å². The summed E-state index contributed by atoms with van der Waals surface area (Å²) >= 11 is 1.09. The van der Waals surface area contributed by atoms with Gasteiger partial charge in [0.15, 0.2) is 0 Å². The smallest absolute Gasteiger partial charge is 0.412 e. The molecule has 2 aromatic rings. The number of anilines is 2. The largest absolute Gasteiger partial charge is 0.465 e. The number of aromatic nitrogens is 2. The number of hydrogen-bond donors (Lipinski definition) is 2. The van der Waals surface area contributed by atoms with Crippen LogP contribution in [0.3, 0.4) is 0 Å². The molecule has 1 aromatic carbocycles. The molecule has 0 radical (unpaired) electrons. The third kappa shape index (κ3) is 6.05. The van der Waals surface area contributed by atoms with Crippen LogP contribution in [0.25, 0.3) is 0 Å². The average Bonchev–Trinajstić information content (AvgIpc) is 3.03. The highest BCUT2D eigenvalue weighted by atomic mass is 32.2. The topological polar surface area (TPSA) is 112 Å². The Balaban J connectivity index is 2.16. The Morgan fingerprint density at radius 2 is 1.89 bits per heavy atom. The molecule has 2 N–H and O–H groups in total. The van der Waals surface area contributed by atoms with Crippen molar-refractivity contribution in [3.63, 3.8) is 0 Å². The molecule has 0 fully saturated rings. The number of hydrogen-bond acceptors (Lipinski definition) is 6. The molecule has 0 bridgehead atoms. The third-order valence-corrected chi connectivity index (χ3v) is 5.84. The quantitative estimate of drug-likeness (QED) is 0.649. The first-order chi connectivity index (χ1) is 13.0. The van der Waals surface area contributed by atoms with E-state index in [1.165, 1.54) is 0 Å². The predicted molar refractivity (Wildman–Crippen MR) is 97.2 cm³/mol. The monoisotopic (exact) mass is 438 g/mol. The second kappa shape index (κ2) is 8.73. The van der Waals surface area contributed by atoms with Crippen LogP contribution < -0.4 is 9.62 Å². The summed E-state index contributed by atoms with van der Waals surface area (Å²) in [7, 11) is -4.05. The van der Waals surface area contributed by atoms with Crippen LogP contribution in [0.4, 0.5) is 28.8 Å². The fourth-order valence-electron chi connectivity index (χ4n) is 2.15. The number of unbranched alkanes of at least 4 members (excludes halogenated alkanes) is 1. The van der Waals surface area contributed by atoms with E-state index >= 15 is 0 Å². The van der Waals surface area contributed by atoms with Gasteiger partial charge in [-0.25, -0.2) is 13.2 Å². The van der Waals surface area contributed by atoms with Crippen molar-refractivity contribution in [2.45, 2.75) is 37.3 Å². The second-order valence-corrected chi connectivity index (χ2v) is 8.43. The number of nitrogens with one attached hydrogen (secondary N) is 1. The van der Waals surface area contributed by atoms with Crippen LogP contribution in [0, 0.1) is 0 Å². The number of alkyl halides is 3. The van der Waals surface area contributed by atoms with Gasteiger partial charge in [-0.1, -0.05) is 24.7 Å². The van der Waals surface area contributed by atoms with Crippen LogP contribution >= 0.6 is 11.3 Å². The Hall–Kier alpha value is -2.41. The fraction of sp³-hybridized carbons (Fsp3) is 0.400. The summed E-state index contributed by atoms with van der Waals surface area (Å²) in [5, 5.41) is 17.3. The number of aryl methyl sites for hydroxylation is 1. The molecule has 0 spiro atoms. The van der Waals surface area contributed by atoms with Gasteiger partial charge in [0, 0.05) is 12.1 Å². The average molecular weight is 438 g/mol. The zero-order valence-electron chi connectivity index (χ0n) is 14.6. The van der Waals surface area contributed by atoms with E-state index in [0.717, 1.165) is 48.4 Å². The lowest BCUT2D eigenvalue weighted by Crippen LogP contribution is -2.38. The molecule has 0 aliphatic rings. The van der Waals surface area contributed by atoms with E-state index in [4.69, 9.17) is 5.11 Å². The number of amides is 1. The maximum absolute atomic E-state index is 12.5.